The summed E-state index contributed by atoms with van der Waals surface area (Å²) in [4.78, 5) is 2.48. The molecule has 0 spiro atoms. The van der Waals surface area contributed by atoms with Crippen LogP contribution in [0.3, 0.4) is 0 Å². The summed E-state index contributed by atoms with van der Waals surface area (Å²) in [6.07, 6.45) is 2.20. The third-order valence-electron chi connectivity index (χ3n) is 5.44. The van der Waals surface area contributed by atoms with Gasteiger partial charge in [-0.25, -0.2) is 0 Å². The molecule has 26 heavy (non-hydrogen) atoms. The van der Waals surface area contributed by atoms with E-state index < -0.39 is 0 Å². The van der Waals surface area contributed by atoms with Crippen LogP contribution in [-0.4, -0.2) is 31.1 Å². The van der Waals surface area contributed by atoms with Crippen molar-refractivity contribution >= 4 is 0 Å². The lowest BCUT2D eigenvalue weighted by Crippen LogP contribution is -2.29. The van der Waals surface area contributed by atoms with Gasteiger partial charge in [-0.15, -0.1) is 0 Å². The molecule has 0 aromatic heterocycles. The van der Waals surface area contributed by atoms with E-state index in [1.807, 2.05) is 0 Å². The normalized spacial score (nSPS) is 15.9. The predicted molar refractivity (Wildman–Crippen MR) is 109 cm³/mol. The van der Waals surface area contributed by atoms with E-state index >= 15 is 0 Å². The summed E-state index contributed by atoms with van der Waals surface area (Å²) in [5.41, 5.74) is 5.27. The van der Waals surface area contributed by atoms with Gasteiger partial charge >= 0.3 is 0 Å². The molecule has 0 radical (unpaired) electrons. The van der Waals surface area contributed by atoms with Crippen LogP contribution >= 0.6 is 0 Å². The standard InChI is InChI=1S/C23H32N2O/c1-4-18-12-13-22-21(16-18)23(24-14-9-15-25(5-2)6-3)20-11-8-7-10-19(20)17-26-22/h7-8,10-13,16,23-24H,4-6,9,14-15,17H2,1-3H3. The van der Waals surface area contributed by atoms with Gasteiger partial charge in [-0.3, -0.25) is 0 Å². The topological polar surface area (TPSA) is 24.5 Å². The largest absolute Gasteiger partial charge is 0.489 e. The number of fused-ring (bicyclic) bond motifs is 2. The second kappa shape index (κ2) is 9.20. The number of rotatable bonds is 8. The second-order valence-electron chi connectivity index (χ2n) is 6.98. The zero-order valence-electron chi connectivity index (χ0n) is 16.4. The van der Waals surface area contributed by atoms with Crippen LogP contribution in [0.2, 0.25) is 0 Å². The fourth-order valence-corrected chi connectivity index (χ4v) is 3.75. The highest BCUT2D eigenvalue weighted by molar-refractivity contribution is 5.48. The third kappa shape index (κ3) is 4.28. The maximum Gasteiger partial charge on any atom is 0.124 e. The van der Waals surface area contributed by atoms with Crippen molar-refractivity contribution in [2.24, 2.45) is 0 Å². The van der Waals surface area contributed by atoms with E-state index in [4.69, 9.17) is 4.74 Å². The van der Waals surface area contributed by atoms with Gasteiger partial charge < -0.3 is 15.0 Å². The van der Waals surface area contributed by atoms with Gasteiger partial charge in [0.25, 0.3) is 0 Å². The minimum absolute atomic E-state index is 0.201. The van der Waals surface area contributed by atoms with Gasteiger partial charge in [-0.1, -0.05) is 57.2 Å². The molecule has 0 aliphatic carbocycles. The highest BCUT2D eigenvalue weighted by Gasteiger charge is 2.24. The molecule has 0 fully saturated rings. The van der Waals surface area contributed by atoms with Crippen molar-refractivity contribution in [1.29, 1.82) is 0 Å². The Morgan fingerprint density at radius 3 is 2.62 bits per heavy atom. The van der Waals surface area contributed by atoms with Crippen molar-refractivity contribution < 1.29 is 4.74 Å². The summed E-state index contributed by atoms with van der Waals surface area (Å²) in [6, 6.07) is 15.5. The summed E-state index contributed by atoms with van der Waals surface area (Å²) in [5, 5.41) is 3.82. The molecule has 1 heterocycles. The van der Waals surface area contributed by atoms with Gasteiger partial charge in [0, 0.05) is 5.56 Å². The van der Waals surface area contributed by atoms with E-state index in [1.165, 1.54) is 22.3 Å². The van der Waals surface area contributed by atoms with Crippen LogP contribution < -0.4 is 10.1 Å². The Morgan fingerprint density at radius 2 is 1.85 bits per heavy atom. The molecule has 3 rings (SSSR count). The maximum atomic E-state index is 6.14. The molecule has 0 saturated heterocycles. The van der Waals surface area contributed by atoms with Crippen molar-refractivity contribution in [2.45, 2.75) is 46.3 Å². The molecule has 1 aliphatic heterocycles. The van der Waals surface area contributed by atoms with E-state index in [1.54, 1.807) is 0 Å². The fraction of sp³-hybridized carbons (Fsp3) is 0.478. The summed E-state index contributed by atoms with van der Waals surface area (Å²) < 4.78 is 6.14. The molecule has 0 bridgehead atoms. The Bertz CT molecular complexity index is 709. The molecule has 0 amide bonds. The molecule has 1 N–H and O–H groups in total. The maximum absolute atomic E-state index is 6.14. The van der Waals surface area contributed by atoms with Crippen molar-refractivity contribution in [3.05, 3.63) is 64.7 Å². The first-order valence-electron chi connectivity index (χ1n) is 10.1. The van der Waals surface area contributed by atoms with Gasteiger partial charge in [-0.2, -0.15) is 0 Å². The Hall–Kier alpha value is -1.84. The first-order chi connectivity index (χ1) is 12.8. The Kier molecular flexibility index (Phi) is 6.70. The molecule has 140 valence electrons. The molecule has 2 aromatic rings. The number of aryl methyl sites for hydroxylation is 1. The van der Waals surface area contributed by atoms with Crippen LogP contribution in [-0.2, 0) is 13.0 Å². The van der Waals surface area contributed by atoms with Crippen molar-refractivity contribution in [3.63, 3.8) is 0 Å². The number of hydrogen-bond donors (Lipinski definition) is 1. The summed E-state index contributed by atoms with van der Waals surface area (Å²) >= 11 is 0. The van der Waals surface area contributed by atoms with Crippen LogP contribution in [0.4, 0.5) is 0 Å². The highest BCUT2D eigenvalue weighted by Crippen LogP contribution is 2.36. The average molecular weight is 353 g/mol. The third-order valence-corrected chi connectivity index (χ3v) is 5.44. The lowest BCUT2D eigenvalue weighted by molar-refractivity contribution is 0.296. The number of hydrogen-bond acceptors (Lipinski definition) is 3. The summed E-state index contributed by atoms with van der Waals surface area (Å²) in [7, 11) is 0. The number of nitrogens with one attached hydrogen (secondary N) is 1. The molecule has 2 aromatic carbocycles. The van der Waals surface area contributed by atoms with E-state index in [9.17, 15) is 0 Å². The molecule has 1 aliphatic rings. The minimum atomic E-state index is 0.201. The number of nitrogens with zero attached hydrogens (tertiary/aromatic N) is 1. The predicted octanol–water partition coefficient (Wildman–Crippen LogP) is 4.55. The van der Waals surface area contributed by atoms with E-state index in [0.29, 0.717) is 6.61 Å². The lowest BCUT2D eigenvalue weighted by atomic mass is 9.93. The Balaban J connectivity index is 1.82. The van der Waals surface area contributed by atoms with Crippen LogP contribution in [0.25, 0.3) is 0 Å². The Labute approximate surface area is 158 Å². The molecule has 1 unspecified atom stereocenters. The smallest absolute Gasteiger partial charge is 0.124 e. The van der Waals surface area contributed by atoms with Crippen LogP contribution in [0.1, 0.15) is 55.5 Å². The molecular weight excluding hydrogens is 320 g/mol. The van der Waals surface area contributed by atoms with E-state index in [0.717, 1.165) is 44.8 Å². The molecular formula is C23H32N2O. The van der Waals surface area contributed by atoms with Gasteiger partial charge in [0.15, 0.2) is 0 Å². The van der Waals surface area contributed by atoms with Gasteiger partial charge in [0.2, 0.25) is 0 Å². The van der Waals surface area contributed by atoms with Crippen LogP contribution in [0, 0.1) is 0 Å². The van der Waals surface area contributed by atoms with Gasteiger partial charge in [0.05, 0.1) is 6.04 Å². The summed E-state index contributed by atoms with van der Waals surface area (Å²) in [5.74, 6) is 1.01. The minimum Gasteiger partial charge on any atom is -0.489 e. The zero-order chi connectivity index (χ0) is 18.4. The Morgan fingerprint density at radius 1 is 1.04 bits per heavy atom. The SMILES string of the molecule is CCc1ccc2c(c1)C(NCCCN(CC)CC)c1ccccc1CO2. The molecule has 3 heteroatoms. The van der Waals surface area contributed by atoms with Crippen LogP contribution in [0.15, 0.2) is 42.5 Å². The summed E-state index contributed by atoms with van der Waals surface area (Å²) in [6.45, 7) is 11.7. The van der Waals surface area contributed by atoms with E-state index in [2.05, 4.69) is 73.5 Å². The monoisotopic (exact) mass is 352 g/mol. The number of ether oxygens (including phenoxy) is 1. The van der Waals surface area contributed by atoms with Crippen LogP contribution in [0.5, 0.6) is 5.75 Å². The fourth-order valence-electron chi connectivity index (χ4n) is 3.75. The number of benzene rings is 2. The highest BCUT2D eigenvalue weighted by atomic mass is 16.5. The first-order valence-corrected chi connectivity index (χ1v) is 10.1. The van der Waals surface area contributed by atoms with Crippen molar-refractivity contribution in [3.8, 4) is 5.75 Å². The zero-order valence-corrected chi connectivity index (χ0v) is 16.4. The van der Waals surface area contributed by atoms with Gasteiger partial charge in [0.1, 0.15) is 12.4 Å². The van der Waals surface area contributed by atoms with Gasteiger partial charge in [-0.05, 0) is 61.8 Å². The molecule has 0 saturated carbocycles. The lowest BCUT2D eigenvalue weighted by Gasteiger charge is -2.23. The quantitative estimate of drug-likeness (QED) is 0.705. The molecule has 1 atom stereocenters. The first kappa shape index (κ1) is 18.9. The average Bonchev–Trinajstić information content (AvgIpc) is 2.84. The van der Waals surface area contributed by atoms with Crippen molar-refractivity contribution in [1.82, 2.24) is 10.2 Å². The second-order valence-corrected chi connectivity index (χ2v) is 6.98. The van der Waals surface area contributed by atoms with E-state index in [-0.39, 0.29) is 6.04 Å². The molecule has 3 nitrogen and oxygen atoms in total. The van der Waals surface area contributed by atoms with Crippen molar-refractivity contribution in [2.75, 3.05) is 26.2 Å².